The second-order valence-electron chi connectivity index (χ2n) is 8.20. The summed E-state index contributed by atoms with van der Waals surface area (Å²) in [5.74, 6) is -3.94. The van der Waals surface area contributed by atoms with Crippen LogP contribution in [0.4, 0.5) is 27.8 Å². The topological polar surface area (TPSA) is 80.0 Å². The number of aromatic nitrogens is 3. The Morgan fingerprint density at radius 1 is 1.19 bits per heavy atom. The van der Waals surface area contributed by atoms with Crippen LogP contribution in [-0.4, -0.2) is 25.6 Å². The Morgan fingerprint density at radius 2 is 1.84 bits per heavy atom. The minimum Gasteiger partial charge on any atom is -0.369 e. The molecule has 4 rings (SSSR count). The van der Waals surface area contributed by atoms with E-state index in [2.05, 4.69) is 15.3 Å². The van der Waals surface area contributed by atoms with Gasteiger partial charge in [0.15, 0.2) is 6.23 Å². The van der Waals surface area contributed by atoms with Gasteiger partial charge in [0.1, 0.15) is 17.5 Å². The highest BCUT2D eigenvalue weighted by Crippen LogP contribution is 2.49. The summed E-state index contributed by atoms with van der Waals surface area (Å²) in [4.78, 5) is 20.9. The average molecular weight is 454 g/mol. The van der Waals surface area contributed by atoms with E-state index in [9.17, 15) is 31.9 Å². The molecule has 1 atom stereocenters. The SMILES string of the molecule is Cc1nc(N[C@H](O)c2cccc(C(F)F)c2F)c2cn(C3(C)CC(F)(F)C3)c(=O)cc2n1. The third-order valence-corrected chi connectivity index (χ3v) is 5.56. The van der Waals surface area contributed by atoms with Gasteiger partial charge in [-0.15, -0.1) is 0 Å². The summed E-state index contributed by atoms with van der Waals surface area (Å²) >= 11 is 0. The number of benzene rings is 1. The summed E-state index contributed by atoms with van der Waals surface area (Å²) < 4.78 is 68.6. The molecular weight excluding hydrogens is 435 g/mol. The number of hydrogen-bond donors (Lipinski definition) is 2. The number of anilines is 1. The highest BCUT2D eigenvalue weighted by Gasteiger charge is 2.55. The molecule has 32 heavy (non-hydrogen) atoms. The lowest BCUT2D eigenvalue weighted by Gasteiger charge is -2.46. The van der Waals surface area contributed by atoms with Crippen LogP contribution in [0.15, 0.2) is 35.3 Å². The largest absolute Gasteiger partial charge is 0.369 e. The first kappa shape index (κ1) is 22.1. The number of aliphatic hydroxyl groups is 1. The number of nitrogens with zero attached hydrogens (tertiary/aromatic N) is 3. The maximum absolute atomic E-state index is 14.4. The maximum atomic E-state index is 14.4. The van der Waals surface area contributed by atoms with Crippen LogP contribution in [0.25, 0.3) is 10.9 Å². The third kappa shape index (κ3) is 3.81. The van der Waals surface area contributed by atoms with Crippen LogP contribution in [0.5, 0.6) is 0 Å². The monoisotopic (exact) mass is 454 g/mol. The van der Waals surface area contributed by atoms with E-state index in [1.807, 2.05) is 0 Å². The van der Waals surface area contributed by atoms with Gasteiger partial charge in [0.05, 0.1) is 22.0 Å². The molecule has 1 aromatic carbocycles. The summed E-state index contributed by atoms with van der Waals surface area (Å²) in [5.41, 5.74) is -2.75. The average Bonchev–Trinajstić information content (AvgIpc) is 2.65. The van der Waals surface area contributed by atoms with Crippen molar-refractivity contribution < 1.29 is 27.1 Å². The van der Waals surface area contributed by atoms with Crippen LogP contribution in [0.2, 0.25) is 0 Å². The fourth-order valence-corrected chi connectivity index (χ4v) is 4.14. The molecule has 6 nitrogen and oxygen atoms in total. The van der Waals surface area contributed by atoms with Crippen LogP contribution in [0.3, 0.4) is 0 Å². The van der Waals surface area contributed by atoms with Crippen molar-refractivity contribution >= 4 is 16.7 Å². The lowest BCUT2D eigenvalue weighted by molar-refractivity contribution is -0.146. The molecule has 1 aliphatic carbocycles. The first-order valence-corrected chi connectivity index (χ1v) is 9.71. The Morgan fingerprint density at radius 3 is 2.47 bits per heavy atom. The quantitative estimate of drug-likeness (QED) is 0.441. The normalized spacial score (nSPS) is 17.9. The van der Waals surface area contributed by atoms with Crippen molar-refractivity contribution in [2.45, 2.75) is 50.8 Å². The molecule has 1 saturated carbocycles. The molecule has 0 bridgehead atoms. The third-order valence-electron chi connectivity index (χ3n) is 5.56. The van der Waals surface area contributed by atoms with E-state index < -0.39 is 59.5 Å². The van der Waals surface area contributed by atoms with Gasteiger partial charge in [-0.05, 0) is 13.8 Å². The van der Waals surface area contributed by atoms with Crippen LogP contribution >= 0.6 is 0 Å². The molecule has 3 aromatic rings. The predicted molar refractivity (Wildman–Crippen MR) is 106 cm³/mol. The van der Waals surface area contributed by atoms with E-state index >= 15 is 0 Å². The van der Waals surface area contributed by atoms with Gasteiger partial charge in [-0.3, -0.25) is 4.79 Å². The number of aryl methyl sites for hydroxylation is 1. The van der Waals surface area contributed by atoms with E-state index in [0.717, 1.165) is 12.1 Å². The van der Waals surface area contributed by atoms with E-state index in [1.54, 1.807) is 0 Å². The zero-order chi connectivity index (χ0) is 23.4. The summed E-state index contributed by atoms with van der Waals surface area (Å²) in [6.07, 6.45) is -4.55. The zero-order valence-electron chi connectivity index (χ0n) is 17.0. The molecular formula is C21H19F5N4O2. The minimum absolute atomic E-state index is 0.00900. The van der Waals surface area contributed by atoms with Crippen LogP contribution in [0, 0.1) is 12.7 Å². The zero-order valence-corrected chi connectivity index (χ0v) is 17.0. The highest BCUT2D eigenvalue weighted by atomic mass is 19.3. The fourth-order valence-electron chi connectivity index (χ4n) is 4.14. The van der Waals surface area contributed by atoms with Crippen molar-refractivity contribution in [1.82, 2.24) is 14.5 Å². The van der Waals surface area contributed by atoms with Crippen LogP contribution < -0.4 is 10.9 Å². The van der Waals surface area contributed by atoms with Gasteiger partial charge in [0, 0.05) is 30.7 Å². The lowest BCUT2D eigenvalue weighted by Crippen LogP contribution is -2.54. The molecule has 2 aromatic heterocycles. The Balaban J connectivity index is 1.77. The number of fused-ring (bicyclic) bond motifs is 1. The second-order valence-corrected chi connectivity index (χ2v) is 8.20. The number of aliphatic hydroxyl groups excluding tert-OH is 1. The molecule has 1 aliphatic rings. The molecule has 0 saturated heterocycles. The smallest absolute Gasteiger partial charge is 0.266 e. The van der Waals surface area contributed by atoms with E-state index in [4.69, 9.17) is 0 Å². The molecule has 0 radical (unpaired) electrons. The van der Waals surface area contributed by atoms with Gasteiger partial charge >= 0.3 is 0 Å². The number of rotatable bonds is 5. The van der Waals surface area contributed by atoms with Crippen molar-refractivity contribution in [2.24, 2.45) is 0 Å². The Bertz CT molecular complexity index is 1250. The van der Waals surface area contributed by atoms with E-state index in [-0.39, 0.29) is 22.5 Å². The molecule has 0 aliphatic heterocycles. The highest BCUT2D eigenvalue weighted by molar-refractivity contribution is 5.88. The summed E-state index contributed by atoms with van der Waals surface area (Å²) in [6, 6.07) is 4.40. The molecule has 0 unspecified atom stereocenters. The first-order chi connectivity index (χ1) is 14.9. The number of alkyl halides is 4. The number of hydrogen-bond acceptors (Lipinski definition) is 5. The van der Waals surface area contributed by atoms with Crippen molar-refractivity contribution in [3.05, 3.63) is 63.6 Å². The molecule has 2 N–H and O–H groups in total. The van der Waals surface area contributed by atoms with E-state index in [1.165, 1.54) is 36.7 Å². The minimum atomic E-state index is -3.07. The summed E-state index contributed by atoms with van der Waals surface area (Å²) in [7, 11) is 0. The molecule has 11 heteroatoms. The maximum Gasteiger partial charge on any atom is 0.266 e. The number of halogens is 5. The Labute approximate surface area is 178 Å². The van der Waals surface area contributed by atoms with Gasteiger partial charge in [0.25, 0.3) is 17.9 Å². The standard InChI is InChI=1S/C21H19F5N4O2/c1-10-27-14-6-15(31)30(20(2)8-21(25,26)9-20)7-13(14)18(28-10)29-19(32)12-5-3-4-11(16(12)22)17(23)24/h3-7,17,19,32H,8-9H2,1-2H3,(H,27,28,29)/t19-/m1/s1. The molecule has 0 amide bonds. The molecule has 2 heterocycles. The van der Waals surface area contributed by atoms with Gasteiger partial charge in [-0.25, -0.2) is 31.9 Å². The Kier molecular flexibility index (Phi) is 5.19. The van der Waals surface area contributed by atoms with Gasteiger partial charge in [-0.2, -0.15) is 0 Å². The van der Waals surface area contributed by atoms with Crippen molar-refractivity contribution in [2.75, 3.05) is 5.32 Å². The van der Waals surface area contributed by atoms with Crippen LogP contribution in [0.1, 0.15) is 49.4 Å². The van der Waals surface area contributed by atoms with Gasteiger partial charge in [-0.1, -0.05) is 18.2 Å². The Hall–Kier alpha value is -3.08. The van der Waals surface area contributed by atoms with Crippen molar-refractivity contribution in [3.8, 4) is 0 Å². The molecule has 0 spiro atoms. The lowest BCUT2D eigenvalue weighted by atomic mass is 9.74. The number of pyridine rings is 1. The molecule has 170 valence electrons. The van der Waals surface area contributed by atoms with Gasteiger partial charge in [0.2, 0.25) is 0 Å². The van der Waals surface area contributed by atoms with Crippen molar-refractivity contribution in [1.29, 1.82) is 0 Å². The summed E-state index contributed by atoms with van der Waals surface area (Å²) in [6.45, 7) is 3.05. The number of nitrogens with one attached hydrogen (secondary N) is 1. The van der Waals surface area contributed by atoms with Gasteiger partial charge < -0.3 is 15.0 Å². The summed E-state index contributed by atoms with van der Waals surface area (Å²) in [5, 5.41) is 13.3. The predicted octanol–water partition coefficient (Wildman–Crippen LogP) is 4.42. The fraction of sp³-hybridized carbons (Fsp3) is 0.381. The first-order valence-electron chi connectivity index (χ1n) is 9.71. The van der Waals surface area contributed by atoms with Crippen molar-refractivity contribution in [3.63, 3.8) is 0 Å². The van der Waals surface area contributed by atoms with E-state index in [0.29, 0.717) is 0 Å². The second kappa shape index (κ2) is 7.51. The molecule has 1 fully saturated rings. The van der Waals surface area contributed by atoms with Crippen LogP contribution in [-0.2, 0) is 5.54 Å².